The first kappa shape index (κ1) is 30.4. The zero-order valence-corrected chi connectivity index (χ0v) is 30.4. The highest BCUT2D eigenvalue weighted by atomic mass is 14.6. The second-order valence-electron chi connectivity index (χ2n) is 16.6. The molecule has 0 radical (unpaired) electrons. The van der Waals surface area contributed by atoms with E-state index in [0.717, 1.165) is 0 Å². The molecule has 9 aromatic carbocycles. The molecular formula is C51H42. The van der Waals surface area contributed by atoms with Crippen LogP contribution >= 0.6 is 0 Å². The summed E-state index contributed by atoms with van der Waals surface area (Å²) in [5.41, 5.74) is 8.43. The summed E-state index contributed by atoms with van der Waals surface area (Å²) in [6.45, 7) is 14.6. The minimum Gasteiger partial charge on any atom is -0.0616 e. The first-order valence-corrected chi connectivity index (χ1v) is 18.4. The van der Waals surface area contributed by atoms with Crippen molar-refractivity contribution in [2.75, 3.05) is 0 Å². The summed E-state index contributed by atoms with van der Waals surface area (Å²) in [6, 6.07) is 55.1. The minimum absolute atomic E-state index is 0.0715. The van der Waals surface area contributed by atoms with Crippen LogP contribution in [0.15, 0.2) is 146 Å². The average Bonchev–Trinajstić information content (AvgIpc) is 3.24. The van der Waals surface area contributed by atoms with E-state index in [1.165, 1.54) is 98.0 Å². The maximum absolute atomic E-state index is 2.51. The Morgan fingerprint density at radius 2 is 0.843 bits per heavy atom. The molecule has 1 aliphatic carbocycles. The molecule has 10 rings (SSSR count). The third-order valence-electron chi connectivity index (χ3n) is 13.7. The van der Waals surface area contributed by atoms with Gasteiger partial charge in [-0.15, -0.1) is 0 Å². The molecular weight excluding hydrogens is 613 g/mol. The summed E-state index contributed by atoms with van der Waals surface area (Å²) >= 11 is 0. The number of rotatable bonds is 2. The SMILES string of the molecule is CC1(C)c2cc3cc4ccc5c(-c6c7ccccc7c(-c7ccc8ccccc8c7)c7ccccc67)cccc5c4cc3cc2C(C)(C)C1(C)C. The van der Waals surface area contributed by atoms with Gasteiger partial charge in [-0.2, -0.15) is 0 Å². The Morgan fingerprint density at radius 1 is 0.314 bits per heavy atom. The maximum Gasteiger partial charge on any atom is -0.00201 e. The number of hydrogen-bond acceptors (Lipinski definition) is 0. The lowest BCUT2D eigenvalue weighted by Gasteiger charge is -2.44. The molecule has 0 heterocycles. The molecule has 0 fully saturated rings. The third kappa shape index (κ3) is 4.02. The molecule has 0 bridgehead atoms. The highest BCUT2D eigenvalue weighted by molar-refractivity contribution is 6.25. The van der Waals surface area contributed by atoms with Crippen molar-refractivity contribution in [1.82, 2.24) is 0 Å². The summed E-state index contributed by atoms with van der Waals surface area (Å²) in [5.74, 6) is 0. The van der Waals surface area contributed by atoms with Gasteiger partial charge in [-0.3, -0.25) is 0 Å². The van der Waals surface area contributed by atoms with E-state index in [4.69, 9.17) is 0 Å². The maximum atomic E-state index is 2.51. The fraction of sp³-hybridized carbons (Fsp3) is 0.176. The molecule has 0 N–H and O–H groups in total. The summed E-state index contributed by atoms with van der Waals surface area (Å²) in [7, 11) is 0. The van der Waals surface area contributed by atoms with E-state index in [2.05, 4.69) is 187 Å². The quantitative estimate of drug-likeness (QED) is 0.129. The van der Waals surface area contributed by atoms with Crippen LogP contribution in [0.4, 0.5) is 0 Å². The Morgan fingerprint density at radius 3 is 1.49 bits per heavy atom. The van der Waals surface area contributed by atoms with E-state index < -0.39 is 0 Å². The monoisotopic (exact) mass is 654 g/mol. The smallest absolute Gasteiger partial charge is 0.00201 e. The molecule has 0 heteroatoms. The predicted octanol–water partition coefficient (Wildman–Crippen LogP) is 14.5. The van der Waals surface area contributed by atoms with E-state index in [9.17, 15) is 0 Å². The molecule has 0 aromatic heterocycles. The Hall–Kier alpha value is -5.46. The standard InChI is InChI=1S/C51H42/c1-49(2)45-29-35-27-33-24-25-38-37(44(33)28-36(35)30-46(45)50(3,4)51(49,5)6)20-13-21-39(38)48-42-18-11-9-16-40(42)47(41-17-10-12-19-43(41)48)34-23-22-31-14-7-8-15-32(31)26-34/h7-30H,1-6H3. The first-order valence-electron chi connectivity index (χ1n) is 18.4. The number of fused-ring (bicyclic) bond motifs is 8. The lowest BCUT2D eigenvalue weighted by atomic mass is 9.59. The van der Waals surface area contributed by atoms with Crippen LogP contribution in [0.3, 0.4) is 0 Å². The highest BCUT2D eigenvalue weighted by Gasteiger charge is 2.56. The molecule has 0 amide bonds. The van der Waals surface area contributed by atoms with E-state index >= 15 is 0 Å². The van der Waals surface area contributed by atoms with Crippen molar-refractivity contribution in [2.24, 2.45) is 5.41 Å². The van der Waals surface area contributed by atoms with Crippen LogP contribution in [0.2, 0.25) is 0 Å². The van der Waals surface area contributed by atoms with Gasteiger partial charge in [-0.25, -0.2) is 0 Å². The van der Waals surface area contributed by atoms with Crippen LogP contribution in [0.1, 0.15) is 52.7 Å². The molecule has 0 saturated carbocycles. The summed E-state index contributed by atoms with van der Waals surface area (Å²) < 4.78 is 0. The average molecular weight is 655 g/mol. The summed E-state index contributed by atoms with van der Waals surface area (Å²) in [5, 5.41) is 15.5. The fourth-order valence-electron chi connectivity index (χ4n) is 9.67. The molecule has 0 aliphatic heterocycles. The van der Waals surface area contributed by atoms with Gasteiger partial charge in [0.25, 0.3) is 0 Å². The lowest BCUT2D eigenvalue weighted by molar-refractivity contribution is 0.125. The fourth-order valence-corrected chi connectivity index (χ4v) is 9.67. The molecule has 0 spiro atoms. The van der Waals surface area contributed by atoms with E-state index in [1.54, 1.807) is 0 Å². The summed E-state index contributed by atoms with van der Waals surface area (Å²) in [4.78, 5) is 0. The van der Waals surface area contributed by atoms with Crippen LogP contribution in [-0.4, -0.2) is 0 Å². The van der Waals surface area contributed by atoms with Gasteiger partial charge in [0.05, 0.1) is 0 Å². The molecule has 51 heavy (non-hydrogen) atoms. The lowest BCUT2D eigenvalue weighted by Crippen LogP contribution is -2.42. The molecule has 1 aliphatic rings. The topological polar surface area (TPSA) is 0 Å². The molecule has 0 saturated heterocycles. The first-order chi connectivity index (χ1) is 24.6. The van der Waals surface area contributed by atoms with E-state index in [-0.39, 0.29) is 16.2 Å². The Kier molecular flexibility index (Phi) is 6.13. The predicted molar refractivity (Wildman–Crippen MR) is 222 cm³/mol. The number of hydrogen-bond donors (Lipinski definition) is 0. The van der Waals surface area contributed by atoms with Gasteiger partial charge < -0.3 is 0 Å². The normalized spacial score (nSPS) is 16.1. The summed E-state index contributed by atoms with van der Waals surface area (Å²) in [6.07, 6.45) is 0. The van der Waals surface area contributed by atoms with Crippen LogP contribution in [0.25, 0.3) is 86.9 Å². The number of benzene rings is 9. The minimum atomic E-state index is 0.0715. The van der Waals surface area contributed by atoms with Gasteiger partial charge >= 0.3 is 0 Å². The van der Waals surface area contributed by atoms with Crippen molar-refractivity contribution in [3.05, 3.63) is 157 Å². The Labute approximate surface area is 300 Å². The van der Waals surface area contributed by atoms with Crippen LogP contribution in [-0.2, 0) is 10.8 Å². The van der Waals surface area contributed by atoms with Crippen molar-refractivity contribution in [1.29, 1.82) is 0 Å². The molecule has 9 aromatic rings. The third-order valence-corrected chi connectivity index (χ3v) is 13.7. The second kappa shape index (κ2) is 10.3. The Bertz CT molecular complexity index is 2880. The van der Waals surface area contributed by atoms with Gasteiger partial charge in [0.1, 0.15) is 0 Å². The van der Waals surface area contributed by atoms with Crippen molar-refractivity contribution >= 4 is 64.6 Å². The van der Waals surface area contributed by atoms with E-state index in [1.807, 2.05) is 0 Å². The van der Waals surface area contributed by atoms with Gasteiger partial charge in [-0.05, 0) is 132 Å². The van der Waals surface area contributed by atoms with Crippen molar-refractivity contribution in [3.8, 4) is 22.3 Å². The zero-order valence-electron chi connectivity index (χ0n) is 30.4. The van der Waals surface area contributed by atoms with Crippen LogP contribution in [0, 0.1) is 5.41 Å². The molecule has 246 valence electrons. The van der Waals surface area contributed by atoms with Gasteiger partial charge in [-0.1, -0.05) is 169 Å². The molecule has 0 unspecified atom stereocenters. The highest BCUT2D eigenvalue weighted by Crippen LogP contribution is 2.62. The second-order valence-corrected chi connectivity index (χ2v) is 16.6. The van der Waals surface area contributed by atoms with Gasteiger partial charge in [0.2, 0.25) is 0 Å². The van der Waals surface area contributed by atoms with Gasteiger partial charge in [0.15, 0.2) is 0 Å². The Balaban J connectivity index is 1.24. The molecule has 0 atom stereocenters. The van der Waals surface area contributed by atoms with Crippen LogP contribution < -0.4 is 0 Å². The largest absolute Gasteiger partial charge is 0.0616 e. The van der Waals surface area contributed by atoms with Crippen molar-refractivity contribution in [2.45, 2.75) is 52.4 Å². The molecule has 0 nitrogen and oxygen atoms in total. The zero-order chi connectivity index (χ0) is 34.9. The van der Waals surface area contributed by atoms with Crippen molar-refractivity contribution in [3.63, 3.8) is 0 Å². The van der Waals surface area contributed by atoms with Gasteiger partial charge in [0, 0.05) is 0 Å². The van der Waals surface area contributed by atoms with Crippen molar-refractivity contribution < 1.29 is 0 Å². The van der Waals surface area contributed by atoms with Crippen LogP contribution in [0.5, 0.6) is 0 Å². The van der Waals surface area contributed by atoms with E-state index in [0.29, 0.717) is 0 Å².